The molecule has 162 valence electrons. The fraction of sp³-hybridized carbons (Fsp3) is 0.273. The van der Waals surface area contributed by atoms with Gasteiger partial charge in [-0.05, 0) is 56.8 Å². The van der Waals surface area contributed by atoms with Crippen molar-refractivity contribution in [2.45, 2.75) is 26.9 Å². The normalized spacial score (nSPS) is 15.1. The van der Waals surface area contributed by atoms with Crippen molar-refractivity contribution in [3.8, 4) is 11.3 Å². The lowest BCUT2D eigenvalue weighted by atomic mass is 10.1. The molecule has 3 rings (SSSR count). The molecule has 0 aliphatic carbocycles. The Hall–Kier alpha value is -3.33. The van der Waals surface area contributed by atoms with Gasteiger partial charge in [-0.15, -0.1) is 0 Å². The fourth-order valence-corrected chi connectivity index (χ4v) is 3.58. The average molecular weight is 443 g/mol. The van der Waals surface area contributed by atoms with Crippen molar-refractivity contribution in [1.29, 1.82) is 0 Å². The highest BCUT2D eigenvalue weighted by atomic mass is 32.2. The molecule has 0 spiro atoms. The van der Waals surface area contributed by atoms with Crippen LogP contribution in [0.3, 0.4) is 0 Å². The second-order valence-corrected chi connectivity index (χ2v) is 7.80. The predicted octanol–water partition coefficient (Wildman–Crippen LogP) is 4.11. The van der Waals surface area contributed by atoms with Gasteiger partial charge in [0.1, 0.15) is 18.1 Å². The lowest BCUT2D eigenvalue weighted by Crippen LogP contribution is -2.35. The van der Waals surface area contributed by atoms with Crippen molar-refractivity contribution in [3.05, 3.63) is 52.6 Å². The van der Waals surface area contributed by atoms with Crippen LogP contribution in [0.4, 0.5) is 4.79 Å². The standard InChI is InChI=1S/C22H21NO7S/c1-4-28-21(26)15-7-5-14(6-8-15)17-10-9-16(30-17)11-18-20(25)23(22(27)31-18)12-19(24)29-13(2)3/h5-11,13H,4,12H2,1-3H3/b18-11-. The number of ether oxygens (including phenoxy) is 2. The van der Waals surface area contributed by atoms with Gasteiger partial charge >= 0.3 is 11.9 Å². The zero-order valence-corrected chi connectivity index (χ0v) is 18.1. The second-order valence-electron chi connectivity index (χ2n) is 6.81. The number of imide groups is 1. The van der Waals surface area contributed by atoms with Gasteiger partial charge in [0.25, 0.3) is 11.1 Å². The first-order valence-corrected chi connectivity index (χ1v) is 10.4. The van der Waals surface area contributed by atoms with E-state index in [0.29, 0.717) is 23.7 Å². The molecule has 0 unspecified atom stereocenters. The van der Waals surface area contributed by atoms with Crippen molar-refractivity contribution >= 4 is 40.9 Å². The molecule has 9 heteroatoms. The number of thioether (sulfide) groups is 1. The smallest absolute Gasteiger partial charge is 0.338 e. The summed E-state index contributed by atoms with van der Waals surface area (Å²) in [6.45, 7) is 4.97. The zero-order valence-electron chi connectivity index (χ0n) is 17.2. The Morgan fingerprint density at radius 3 is 2.48 bits per heavy atom. The summed E-state index contributed by atoms with van der Waals surface area (Å²) in [4.78, 5) is 49.1. The number of rotatable bonds is 7. The van der Waals surface area contributed by atoms with E-state index in [2.05, 4.69) is 0 Å². The number of carbonyl (C=O) groups excluding carboxylic acids is 4. The molecule has 0 saturated carbocycles. The van der Waals surface area contributed by atoms with Gasteiger partial charge in [0.05, 0.1) is 23.2 Å². The number of nitrogens with zero attached hydrogens (tertiary/aromatic N) is 1. The van der Waals surface area contributed by atoms with Crippen LogP contribution in [0.1, 0.15) is 36.9 Å². The molecule has 2 heterocycles. The largest absolute Gasteiger partial charge is 0.462 e. The van der Waals surface area contributed by atoms with E-state index in [1.807, 2.05) is 0 Å². The van der Waals surface area contributed by atoms with Crippen LogP contribution in [0.15, 0.2) is 45.7 Å². The lowest BCUT2D eigenvalue weighted by molar-refractivity contribution is -0.149. The molecule has 1 aromatic carbocycles. The minimum atomic E-state index is -0.648. The van der Waals surface area contributed by atoms with E-state index in [9.17, 15) is 19.2 Å². The van der Waals surface area contributed by atoms with Gasteiger partial charge in [0.2, 0.25) is 0 Å². The molecule has 1 saturated heterocycles. The molecule has 0 N–H and O–H groups in total. The fourth-order valence-electron chi connectivity index (χ4n) is 2.77. The van der Waals surface area contributed by atoms with Crippen LogP contribution >= 0.6 is 11.8 Å². The van der Waals surface area contributed by atoms with Crippen molar-refractivity contribution in [2.24, 2.45) is 0 Å². The summed E-state index contributed by atoms with van der Waals surface area (Å²) in [5.41, 5.74) is 1.17. The van der Waals surface area contributed by atoms with Crippen LogP contribution in [0.2, 0.25) is 0 Å². The number of furan rings is 1. The van der Waals surface area contributed by atoms with Gasteiger partial charge < -0.3 is 13.9 Å². The Morgan fingerprint density at radius 1 is 1.13 bits per heavy atom. The Bertz CT molecular complexity index is 1040. The van der Waals surface area contributed by atoms with Gasteiger partial charge in [-0.1, -0.05) is 12.1 Å². The van der Waals surface area contributed by atoms with E-state index in [1.165, 1.54) is 6.08 Å². The number of benzene rings is 1. The van der Waals surface area contributed by atoms with Crippen LogP contribution in [0.25, 0.3) is 17.4 Å². The molecule has 2 amide bonds. The minimum Gasteiger partial charge on any atom is -0.462 e. The Kier molecular flexibility index (Phi) is 6.96. The van der Waals surface area contributed by atoms with Gasteiger partial charge in [0, 0.05) is 11.6 Å². The van der Waals surface area contributed by atoms with E-state index in [0.717, 1.165) is 22.2 Å². The summed E-state index contributed by atoms with van der Waals surface area (Å²) in [5.74, 6) is -0.721. The van der Waals surface area contributed by atoms with E-state index in [-0.39, 0.29) is 11.0 Å². The number of esters is 2. The van der Waals surface area contributed by atoms with E-state index >= 15 is 0 Å². The Morgan fingerprint density at radius 2 is 1.84 bits per heavy atom. The monoisotopic (exact) mass is 443 g/mol. The number of hydrogen-bond acceptors (Lipinski definition) is 8. The summed E-state index contributed by atoms with van der Waals surface area (Å²) in [6.07, 6.45) is 1.12. The molecule has 0 radical (unpaired) electrons. The summed E-state index contributed by atoms with van der Waals surface area (Å²) in [6, 6.07) is 10.1. The van der Waals surface area contributed by atoms with Gasteiger partial charge in [-0.3, -0.25) is 19.3 Å². The second kappa shape index (κ2) is 9.65. The van der Waals surface area contributed by atoms with Gasteiger partial charge in [-0.25, -0.2) is 4.79 Å². The summed E-state index contributed by atoms with van der Waals surface area (Å²) in [7, 11) is 0. The molecule has 1 aromatic heterocycles. The Balaban J connectivity index is 1.71. The summed E-state index contributed by atoms with van der Waals surface area (Å²) in [5, 5.41) is -0.543. The maximum Gasteiger partial charge on any atom is 0.338 e. The third-order valence-corrected chi connectivity index (χ3v) is 5.02. The van der Waals surface area contributed by atoms with Crippen LogP contribution in [0.5, 0.6) is 0 Å². The minimum absolute atomic E-state index is 0.154. The van der Waals surface area contributed by atoms with E-state index < -0.39 is 29.6 Å². The molecule has 1 aliphatic heterocycles. The van der Waals surface area contributed by atoms with Gasteiger partial charge in [-0.2, -0.15) is 0 Å². The summed E-state index contributed by atoms with van der Waals surface area (Å²) >= 11 is 0.732. The number of amides is 2. The van der Waals surface area contributed by atoms with Crippen LogP contribution in [-0.4, -0.2) is 47.2 Å². The highest BCUT2D eigenvalue weighted by Gasteiger charge is 2.37. The molecule has 31 heavy (non-hydrogen) atoms. The van der Waals surface area contributed by atoms with Crippen molar-refractivity contribution in [1.82, 2.24) is 4.90 Å². The zero-order chi connectivity index (χ0) is 22.5. The average Bonchev–Trinajstić information content (AvgIpc) is 3.28. The topological polar surface area (TPSA) is 103 Å². The maximum absolute atomic E-state index is 12.5. The van der Waals surface area contributed by atoms with Crippen molar-refractivity contribution in [2.75, 3.05) is 13.2 Å². The SMILES string of the molecule is CCOC(=O)c1ccc(-c2ccc(/C=C3\SC(=O)N(CC(=O)OC(C)C)C3=O)o2)cc1. The van der Waals surface area contributed by atoms with Crippen LogP contribution in [0, 0.1) is 0 Å². The molecule has 8 nitrogen and oxygen atoms in total. The molecular formula is C22H21NO7S. The summed E-state index contributed by atoms with van der Waals surface area (Å²) < 4.78 is 15.7. The van der Waals surface area contributed by atoms with Crippen molar-refractivity contribution in [3.63, 3.8) is 0 Å². The molecule has 1 fully saturated rings. The first-order chi connectivity index (χ1) is 14.8. The third kappa shape index (κ3) is 5.43. The van der Waals surface area contributed by atoms with Gasteiger partial charge in [0.15, 0.2) is 0 Å². The molecule has 1 aliphatic rings. The number of hydrogen-bond donors (Lipinski definition) is 0. The third-order valence-electron chi connectivity index (χ3n) is 4.11. The van der Waals surface area contributed by atoms with E-state index in [4.69, 9.17) is 13.9 Å². The molecule has 0 atom stereocenters. The highest BCUT2D eigenvalue weighted by molar-refractivity contribution is 8.18. The maximum atomic E-state index is 12.5. The highest BCUT2D eigenvalue weighted by Crippen LogP contribution is 2.33. The Labute approximate surface area is 183 Å². The molecule has 2 aromatic rings. The van der Waals surface area contributed by atoms with Crippen LogP contribution in [-0.2, 0) is 19.1 Å². The predicted molar refractivity (Wildman–Crippen MR) is 114 cm³/mol. The number of carbonyl (C=O) groups is 4. The first kappa shape index (κ1) is 22.4. The van der Waals surface area contributed by atoms with Crippen LogP contribution < -0.4 is 0 Å². The lowest BCUT2D eigenvalue weighted by Gasteiger charge is -2.13. The molecular weight excluding hydrogens is 422 g/mol. The van der Waals surface area contributed by atoms with E-state index in [1.54, 1.807) is 57.2 Å². The molecule has 0 bridgehead atoms. The first-order valence-electron chi connectivity index (χ1n) is 9.60. The quantitative estimate of drug-likeness (QED) is 0.465. The van der Waals surface area contributed by atoms with Crippen molar-refractivity contribution < 1.29 is 33.1 Å².